The van der Waals surface area contributed by atoms with E-state index in [1.54, 1.807) is 7.11 Å². The van der Waals surface area contributed by atoms with E-state index in [0.717, 1.165) is 5.75 Å². The van der Waals surface area contributed by atoms with Gasteiger partial charge in [0.1, 0.15) is 5.75 Å². The number of rotatable bonds is 3. The monoisotopic (exact) mass is 269 g/mol. The van der Waals surface area contributed by atoms with Crippen molar-refractivity contribution in [1.82, 2.24) is 0 Å². The molecule has 0 heterocycles. The quantitative estimate of drug-likeness (QED) is 0.894. The topological polar surface area (TPSA) is 35.2 Å². The van der Waals surface area contributed by atoms with Crippen LogP contribution < -0.4 is 10.5 Å². The summed E-state index contributed by atoms with van der Waals surface area (Å²) in [4.78, 5) is 0. The normalized spacial score (nSPS) is 18.1. The van der Waals surface area contributed by atoms with E-state index in [1.165, 1.54) is 48.4 Å². The van der Waals surface area contributed by atoms with E-state index in [0.29, 0.717) is 5.92 Å². The van der Waals surface area contributed by atoms with Gasteiger partial charge in [0.2, 0.25) is 0 Å². The van der Waals surface area contributed by atoms with E-state index >= 15 is 0 Å². The van der Waals surface area contributed by atoms with Gasteiger partial charge in [-0.1, -0.05) is 49.6 Å². The van der Waals surface area contributed by atoms with Gasteiger partial charge in [0, 0.05) is 11.4 Å². The fourth-order valence-electron chi connectivity index (χ4n) is 3.51. The number of methoxy groups -OCH3 is 1. The molecule has 20 heavy (non-hydrogen) atoms. The van der Waals surface area contributed by atoms with Crippen LogP contribution in [0.4, 0.5) is 0 Å². The van der Waals surface area contributed by atoms with E-state index in [-0.39, 0.29) is 6.04 Å². The third-order valence-corrected chi connectivity index (χ3v) is 4.65. The fraction of sp³-hybridized carbons (Fsp3) is 0.444. The molecule has 0 bridgehead atoms. The molecule has 1 saturated carbocycles. The van der Waals surface area contributed by atoms with Gasteiger partial charge in [-0.05, 0) is 35.8 Å². The minimum Gasteiger partial charge on any atom is -0.496 e. The highest BCUT2D eigenvalue weighted by Crippen LogP contribution is 2.37. The average Bonchev–Trinajstić information content (AvgIpc) is 2.54. The maximum atomic E-state index is 6.59. The maximum Gasteiger partial charge on any atom is 0.126 e. The molecule has 1 aliphatic carbocycles. The fourth-order valence-corrected chi connectivity index (χ4v) is 3.51. The van der Waals surface area contributed by atoms with Crippen molar-refractivity contribution in [3.05, 3.63) is 42.0 Å². The highest BCUT2D eigenvalue weighted by molar-refractivity contribution is 5.91. The summed E-state index contributed by atoms with van der Waals surface area (Å²) in [6, 6.07) is 12.8. The first kappa shape index (κ1) is 13.4. The lowest BCUT2D eigenvalue weighted by atomic mass is 9.80. The zero-order valence-corrected chi connectivity index (χ0v) is 12.1. The molecule has 2 aromatic rings. The summed E-state index contributed by atoms with van der Waals surface area (Å²) < 4.78 is 5.47. The third-order valence-electron chi connectivity index (χ3n) is 4.65. The van der Waals surface area contributed by atoms with Crippen molar-refractivity contribution in [2.45, 2.75) is 38.1 Å². The molecule has 0 saturated heterocycles. The summed E-state index contributed by atoms with van der Waals surface area (Å²) in [5.74, 6) is 1.56. The molecule has 0 aromatic heterocycles. The van der Waals surface area contributed by atoms with Crippen molar-refractivity contribution in [3.8, 4) is 5.75 Å². The van der Waals surface area contributed by atoms with Crippen molar-refractivity contribution >= 4 is 10.8 Å². The SMILES string of the molecule is COc1ccc([C@@H](N)C2CCCCC2)c2ccccc12. The van der Waals surface area contributed by atoms with Gasteiger partial charge in [0.15, 0.2) is 0 Å². The van der Waals surface area contributed by atoms with Crippen molar-refractivity contribution in [2.24, 2.45) is 11.7 Å². The summed E-state index contributed by atoms with van der Waals surface area (Å²) in [6.45, 7) is 0. The van der Waals surface area contributed by atoms with Gasteiger partial charge in [0.25, 0.3) is 0 Å². The largest absolute Gasteiger partial charge is 0.496 e. The second-order valence-electron chi connectivity index (χ2n) is 5.83. The third kappa shape index (κ3) is 2.40. The van der Waals surface area contributed by atoms with E-state index in [1.807, 2.05) is 0 Å². The number of nitrogens with two attached hydrogens (primary N) is 1. The Morgan fingerprint density at radius 3 is 2.40 bits per heavy atom. The Balaban J connectivity index is 2.02. The standard InChI is InChI=1S/C18H23NO/c1-20-17-12-11-16(14-9-5-6-10-15(14)17)18(19)13-7-3-2-4-8-13/h5-6,9-13,18H,2-4,7-8,19H2,1H3/t18-/m0/s1. The molecule has 2 heteroatoms. The van der Waals surface area contributed by atoms with Crippen LogP contribution in [0.15, 0.2) is 36.4 Å². The molecule has 0 aliphatic heterocycles. The maximum absolute atomic E-state index is 6.59. The molecule has 106 valence electrons. The predicted octanol–water partition coefficient (Wildman–Crippen LogP) is 4.43. The molecule has 2 nitrogen and oxygen atoms in total. The van der Waals surface area contributed by atoms with Crippen LogP contribution >= 0.6 is 0 Å². The molecule has 1 fully saturated rings. The molecular weight excluding hydrogens is 246 g/mol. The van der Waals surface area contributed by atoms with Crippen molar-refractivity contribution < 1.29 is 4.74 Å². The lowest BCUT2D eigenvalue weighted by Gasteiger charge is -2.28. The minimum absolute atomic E-state index is 0.145. The Kier molecular flexibility index (Phi) is 3.93. The molecule has 0 amide bonds. The first-order valence-corrected chi connectivity index (χ1v) is 7.62. The number of hydrogen-bond donors (Lipinski definition) is 1. The van der Waals surface area contributed by atoms with E-state index in [2.05, 4.69) is 36.4 Å². The van der Waals surface area contributed by atoms with Crippen molar-refractivity contribution in [2.75, 3.05) is 7.11 Å². The smallest absolute Gasteiger partial charge is 0.126 e. The van der Waals surface area contributed by atoms with Crippen molar-refractivity contribution in [1.29, 1.82) is 0 Å². The van der Waals surface area contributed by atoms with Gasteiger partial charge >= 0.3 is 0 Å². The van der Waals surface area contributed by atoms with Crippen LogP contribution in [-0.2, 0) is 0 Å². The average molecular weight is 269 g/mol. The Morgan fingerprint density at radius 1 is 1.00 bits per heavy atom. The van der Waals surface area contributed by atoms with Gasteiger partial charge in [-0.2, -0.15) is 0 Å². The molecule has 0 radical (unpaired) electrons. The zero-order valence-electron chi connectivity index (χ0n) is 12.1. The van der Waals surface area contributed by atoms with Crippen LogP contribution in [0.25, 0.3) is 10.8 Å². The second kappa shape index (κ2) is 5.84. The number of ether oxygens (including phenoxy) is 1. The van der Waals surface area contributed by atoms with E-state index in [4.69, 9.17) is 10.5 Å². The second-order valence-corrected chi connectivity index (χ2v) is 5.83. The van der Waals surface area contributed by atoms with Crippen LogP contribution in [0, 0.1) is 5.92 Å². The van der Waals surface area contributed by atoms with Gasteiger partial charge < -0.3 is 10.5 Å². The Morgan fingerprint density at radius 2 is 1.70 bits per heavy atom. The summed E-state index contributed by atoms with van der Waals surface area (Å²) in [5.41, 5.74) is 7.86. The van der Waals surface area contributed by atoms with E-state index in [9.17, 15) is 0 Å². The first-order valence-electron chi connectivity index (χ1n) is 7.62. The zero-order chi connectivity index (χ0) is 13.9. The lowest BCUT2D eigenvalue weighted by molar-refractivity contribution is 0.309. The lowest BCUT2D eigenvalue weighted by Crippen LogP contribution is -2.23. The van der Waals surface area contributed by atoms with Gasteiger partial charge in [-0.3, -0.25) is 0 Å². The highest BCUT2D eigenvalue weighted by Gasteiger charge is 2.23. The molecule has 1 atom stereocenters. The predicted molar refractivity (Wildman–Crippen MR) is 84.0 cm³/mol. The van der Waals surface area contributed by atoms with Crippen LogP contribution in [-0.4, -0.2) is 7.11 Å². The summed E-state index contributed by atoms with van der Waals surface area (Å²) in [7, 11) is 1.72. The van der Waals surface area contributed by atoms with Gasteiger partial charge in [-0.15, -0.1) is 0 Å². The summed E-state index contributed by atoms with van der Waals surface area (Å²) in [5, 5.41) is 2.41. The van der Waals surface area contributed by atoms with Crippen LogP contribution in [0.1, 0.15) is 43.7 Å². The Bertz CT molecular complexity index is 587. The summed E-state index contributed by atoms with van der Waals surface area (Å²) in [6.07, 6.45) is 6.55. The number of benzene rings is 2. The summed E-state index contributed by atoms with van der Waals surface area (Å²) >= 11 is 0. The van der Waals surface area contributed by atoms with E-state index < -0.39 is 0 Å². The van der Waals surface area contributed by atoms with Crippen molar-refractivity contribution in [3.63, 3.8) is 0 Å². The molecular formula is C18H23NO. The molecule has 2 N–H and O–H groups in total. The molecule has 0 spiro atoms. The first-order chi connectivity index (χ1) is 9.81. The van der Waals surface area contributed by atoms with Gasteiger partial charge in [0.05, 0.1) is 7.11 Å². The number of hydrogen-bond acceptors (Lipinski definition) is 2. The Labute approximate surface area is 120 Å². The highest BCUT2D eigenvalue weighted by atomic mass is 16.5. The van der Waals surface area contributed by atoms with Crippen LogP contribution in [0.5, 0.6) is 5.75 Å². The van der Waals surface area contributed by atoms with Crippen LogP contribution in [0.2, 0.25) is 0 Å². The molecule has 3 rings (SSSR count). The van der Waals surface area contributed by atoms with Crippen LogP contribution in [0.3, 0.4) is 0 Å². The van der Waals surface area contributed by atoms with Gasteiger partial charge in [-0.25, -0.2) is 0 Å². The number of fused-ring (bicyclic) bond motifs is 1. The molecule has 1 aliphatic rings. The molecule has 2 aromatic carbocycles. The minimum atomic E-state index is 0.145. The Hall–Kier alpha value is -1.54. The molecule has 0 unspecified atom stereocenters.